The van der Waals surface area contributed by atoms with Gasteiger partial charge >= 0.3 is 0 Å². The van der Waals surface area contributed by atoms with Crippen LogP contribution in [0.15, 0.2) is 60.9 Å². The molecule has 26 heavy (non-hydrogen) atoms. The molecular formula is C20H20N6. The second-order valence-electron chi connectivity index (χ2n) is 6.75. The standard InChI is InChI=1S/C20H20N6/c1-23-13-25(17-8-4-10-21-19(17)23)15-6-3-7-16(12-15)26-14-24(2)20-18(26)9-5-11-22-20/h3-12H,13-14H2,1-2H3. The van der Waals surface area contributed by atoms with Crippen molar-refractivity contribution in [2.45, 2.75) is 0 Å². The first-order valence-corrected chi connectivity index (χ1v) is 8.70. The lowest BCUT2D eigenvalue weighted by Gasteiger charge is -2.23. The summed E-state index contributed by atoms with van der Waals surface area (Å²) in [5.74, 6) is 2.04. The number of anilines is 6. The minimum atomic E-state index is 0.799. The quantitative estimate of drug-likeness (QED) is 0.708. The predicted octanol–water partition coefficient (Wildman–Crippen LogP) is 3.57. The number of hydrogen-bond donors (Lipinski definition) is 0. The number of rotatable bonds is 2. The zero-order chi connectivity index (χ0) is 17.7. The Kier molecular flexibility index (Phi) is 3.25. The van der Waals surface area contributed by atoms with E-state index in [1.165, 1.54) is 11.4 Å². The molecular weight excluding hydrogens is 324 g/mol. The summed E-state index contributed by atoms with van der Waals surface area (Å²) in [5, 5.41) is 0. The minimum Gasteiger partial charge on any atom is -0.340 e. The van der Waals surface area contributed by atoms with Crippen molar-refractivity contribution in [1.82, 2.24) is 9.97 Å². The van der Waals surface area contributed by atoms with E-state index in [1.54, 1.807) is 0 Å². The van der Waals surface area contributed by atoms with Crippen LogP contribution in [0.3, 0.4) is 0 Å². The van der Waals surface area contributed by atoms with Gasteiger partial charge in [-0.1, -0.05) is 6.07 Å². The Bertz CT molecular complexity index is 897. The molecule has 0 saturated heterocycles. The number of benzene rings is 1. The Morgan fingerprint density at radius 1 is 0.692 bits per heavy atom. The third kappa shape index (κ3) is 2.19. The van der Waals surface area contributed by atoms with Gasteiger partial charge in [-0.25, -0.2) is 9.97 Å². The molecule has 0 N–H and O–H groups in total. The minimum absolute atomic E-state index is 0.799. The van der Waals surface area contributed by atoms with Crippen molar-refractivity contribution < 1.29 is 0 Å². The second kappa shape index (κ2) is 5.62. The van der Waals surface area contributed by atoms with E-state index in [-0.39, 0.29) is 0 Å². The maximum absolute atomic E-state index is 4.51. The number of nitrogens with zero attached hydrogens (tertiary/aromatic N) is 6. The zero-order valence-electron chi connectivity index (χ0n) is 14.9. The van der Waals surface area contributed by atoms with E-state index in [4.69, 9.17) is 0 Å². The Hall–Kier alpha value is -3.28. The van der Waals surface area contributed by atoms with Crippen molar-refractivity contribution in [2.24, 2.45) is 0 Å². The highest BCUT2D eigenvalue weighted by Gasteiger charge is 2.28. The van der Waals surface area contributed by atoms with Crippen molar-refractivity contribution in [2.75, 3.05) is 47.0 Å². The molecule has 0 bridgehead atoms. The van der Waals surface area contributed by atoms with Crippen LogP contribution in [0.4, 0.5) is 34.4 Å². The van der Waals surface area contributed by atoms with Crippen molar-refractivity contribution in [1.29, 1.82) is 0 Å². The monoisotopic (exact) mass is 344 g/mol. The van der Waals surface area contributed by atoms with E-state index in [2.05, 4.69) is 80.1 Å². The molecule has 3 aromatic rings. The zero-order valence-corrected chi connectivity index (χ0v) is 14.9. The summed E-state index contributed by atoms with van der Waals surface area (Å²) in [6.45, 7) is 1.60. The van der Waals surface area contributed by atoms with Gasteiger partial charge in [0, 0.05) is 37.9 Å². The third-order valence-electron chi connectivity index (χ3n) is 5.00. The first-order chi connectivity index (χ1) is 12.7. The van der Waals surface area contributed by atoms with Crippen LogP contribution in [0.1, 0.15) is 0 Å². The van der Waals surface area contributed by atoms with E-state index in [0.717, 1.165) is 36.3 Å². The van der Waals surface area contributed by atoms with Gasteiger partial charge in [-0.3, -0.25) is 0 Å². The van der Waals surface area contributed by atoms with Gasteiger partial charge in [0.05, 0.1) is 24.7 Å². The molecule has 0 amide bonds. The van der Waals surface area contributed by atoms with E-state index >= 15 is 0 Å². The van der Waals surface area contributed by atoms with Crippen LogP contribution >= 0.6 is 0 Å². The van der Waals surface area contributed by atoms with Crippen molar-refractivity contribution >= 4 is 34.4 Å². The fourth-order valence-corrected chi connectivity index (χ4v) is 3.77. The fraction of sp³-hybridized carbons (Fsp3) is 0.200. The Labute approximate surface area is 152 Å². The van der Waals surface area contributed by atoms with Crippen molar-refractivity contribution in [3.05, 3.63) is 60.9 Å². The lowest BCUT2D eigenvalue weighted by molar-refractivity contribution is 0.929. The first-order valence-electron chi connectivity index (χ1n) is 8.70. The van der Waals surface area contributed by atoms with E-state index in [1.807, 2.05) is 24.5 Å². The topological polar surface area (TPSA) is 38.7 Å². The molecule has 6 nitrogen and oxygen atoms in total. The van der Waals surface area contributed by atoms with Gasteiger partial charge in [-0.15, -0.1) is 0 Å². The molecule has 0 spiro atoms. The van der Waals surface area contributed by atoms with E-state index < -0.39 is 0 Å². The average Bonchev–Trinajstić information content (AvgIpc) is 3.20. The highest BCUT2D eigenvalue weighted by atomic mass is 15.4. The van der Waals surface area contributed by atoms with Crippen LogP contribution < -0.4 is 19.6 Å². The van der Waals surface area contributed by atoms with Crippen LogP contribution in [-0.4, -0.2) is 37.4 Å². The molecule has 0 unspecified atom stereocenters. The molecule has 2 aliphatic heterocycles. The lowest BCUT2D eigenvalue weighted by Crippen LogP contribution is -2.25. The Morgan fingerprint density at radius 3 is 1.69 bits per heavy atom. The molecule has 2 aromatic heterocycles. The summed E-state index contributed by atoms with van der Waals surface area (Å²) in [7, 11) is 4.15. The number of fused-ring (bicyclic) bond motifs is 2. The number of pyridine rings is 2. The van der Waals surface area contributed by atoms with Gasteiger partial charge in [-0.05, 0) is 42.5 Å². The van der Waals surface area contributed by atoms with E-state index in [9.17, 15) is 0 Å². The molecule has 0 aliphatic carbocycles. The highest BCUT2D eigenvalue weighted by molar-refractivity contribution is 5.83. The van der Waals surface area contributed by atoms with Crippen LogP contribution in [0.5, 0.6) is 0 Å². The van der Waals surface area contributed by atoms with Crippen LogP contribution in [0, 0.1) is 0 Å². The Morgan fingerprint density at radius 2 is 1.19 bits per heavy atom. The van der Waals surface area contributed by atoms with Crippen LogP contribution in [-0.2, 0) is 0 Å². The van der Waals surface area contributed by atoms with Crippen molar-refractivity contribution in [3.63, 3.8) is 0 Å². The number of aromatic nitrogens is 2. The normalized spacial score (nSPS) is 15.5. The van der Waals surface area contributed by atoms with Gasteiger partial charge in [0.15, 0.2) is 11.6 Å². The average molecular weight is 344 g/mol. The molecule has 0 atom stereocenters. The van der Waals surface area contributed by atoms with Gasteiger partial charge in [0.25, 0.3) is 0 Å². The summed E-state index contributed by atoms with van der Waals surface area (Å²) in [6, 6.07) is 16.9. The van der Waals surface area contributed by atoms with Gasteiger partial charge in [0.2, 0.25) is 0 Å². The fourth-order valence-electron chi connectivity index (χ4n) is 3.77. The predicted molar refractivity (Wildman–Crippen MR) is 106 cm³/mol. The summed E-state index contributed by atoms with van der Waals surface area (Å²) in [6.07, 6.45) is 3.69. The SMILES string of the molecule is CN1CN(c2cccc(N3CN(C)c4ncccc43)c2)c2cccnc21. The third-order valence-corrected chi connectivity index (χ3v) is 5.00. The number of hydrogen-bond acceptors (Lipinski definition) is 6. The van der Waals surface area contributed by atoms with E-state index in [0.29, 0.717) is 0 Å². The molecule has 0 saturated carbocycles. The molecule has 5 rings (SSSR count). The molecule has 2 aliphatic rings. The molecule has 1 aromatic carbocycles. The van der Waals surface area contributed by atoms with Gasteiger partial charge in [0.1, 0.15) is 0 Å². The second-order valence-corrected chi connectivity index (χ2v) is 6.75. The van der Waals surface area contributed by atoms with Gasteiger partial charge in [-0.2, -0.15) is 0 Å². The molecule has 130 valence electrons. The van der Waals surface area contributed by atoms with Gasteiger partial charge < -0.3 is 19.6 Å². The molecule has 0 fully saturated rings. The maximum atomic E-state index is 4.51. The van der Waals surface area contributed by atoms with Crippen LogP contribution in [0.25, 0.3) is 0 Å². The Balaban J connectivity index is 1.54. The maximum Gasteiger partial charge on any atom is 0.153 e. The molecule has 6 heteroatoms. The molecule has 0 radical (unpaired) electrons. The van der Waals surface area contributed by atoms with Crippen LogP contribution in [0.2, 0.25) is 0 Å². The highest BCUT2D eigenvalue weighted by Crippen LogP contribution is 2.42. The lowest BCUT2D eigenvalue weighted by atomic mass is 10.2. The smallest absolute Gasteiger partial charge is 0.153 e. The first kappa shape index (κ1) is 15.0. The largest absolute Gasteiger partial charge is 0.340 e. The summed E-state index contributed by atoms with van der Waals surface area (Å²) in [5.41, 5.74) is 4.63. The summed E-state index contributed by atoms with van der Waals surface area (Å²) in [4.78, 5) is 18.0. The summed E-state index contributed by atoms with van der Waals surface area (Å²) < 4.78 is 0. The molecule has 4 heterocycles. The van der Waals surface area contributed by atoms with Crippen molar-refractivity contribution in [3.8, 4) is 0 Å². The summed E-state index contributed by atoms with van der Waals surface area (Å²) >= 11 is 0.